The second-order valence-corrected chi connectivity index (χ2v) is 12.7. The van der Waals surface area contributed by atoms with Crippen LogP contribution < -0.4 is 4.90 Å². The summed E-state index contributed by atoms with van der Waals surface area (Å²) in [6.45, 7) is 9.19. The highest BCUT2D eigenvalue weighted by molar-refractivity contribution is 7.92. The summed E-state index contributed by atoms with van der Waals surface area (Å²) in [4.78, 5) is 9.76. The van der Waals surface area contributed by atoms with Gasteiger partial charge in [0.2, 0.25) is 0 Å². The van der Waals surface area contributed by atoms with Crippen LogP contribution in [0.3, 0.4) is 0 Å². The third-order valence-electron chi connectivity index (χ3n) is 7.81. The number of aromatic nitrogens is 2. The van der Waals surface area contributed by atoms with Gasteiger partial charge in [-0.25, -0.2) is 13.4 Å². The van der Waals surface area contributed by atoms with Crippen molar-refractivity contribution in [2.24, 2.45) is 4.99 Å². The lowest BCUT2D eigenvalue weighted by atomic mass is 9.92. The molecule has 6 rings (SSSR count). The minimum absolute atomic E-state index is 0.281. The number of hydrogen-bond donors (Lipinski definition) is 0. The van der Waals surface area contributed by atoms with E-state index >= 15 is 0 Å². The molecule has 3 aliphatic rings. The van der Waals surface area contributed by atoms with Gasteiger partial charge < -0.3 is 9.80 Å². The van der Waals surface area contributed by atoms with Crippen LogP contribution >= 0.6 is 0 Å². The number of nitrogens with zero attached hydrogens (tertiary/aromatic N) is 5. The summed E-state index contributed by atoms with van der Waals surface area (Å²) in [5, 5.41) is 3.74. The normalized spacial score (nSPS) is 19.5. The fourth-order valence-electron chi connectivity index (χ4n) is 5.62. The van der Waals surface area contributed by atoms with Crippen molar-refractivity contribution in [3.05, 3.63) is 94.3 Å². The van der Waals surface area contributed by atoms with Gasteiger partial charge in [-0.15, -0.1) is 0 Å². The smallest absolute Gasteiger partial charge is 0.186 e. The number of aliphatic imine (C=N–C) groups is 1. The summed E-state index contributed by atoms with van der Waals surface area (Å²) in [7, 11) is -1.44. The van der Waals surface area contributed by atoms with E-state index < -0.39 is 15.1 Å². The lowest BCUT2D eigenvalue weighted by molar-refractivity contribution is 0.312. The summed E-state index contributed by atoms with van der Waals surface area (Å²) in [6, 6.07) is 11.6. The molecule has 0 amide bonds. The van der Waals surface area contributed by atoms with Crippen molar-refractivity contribution >= 4 is 27.1 Å². The molecule has 0 aliphatic carbocycles. The molecule has 3 aliphatic heterocycles. The molecule has 0 radical (unpaired) electrons. The van der Waals surface area contributed by atoms with E-state index in [0.29, 0.717) is 4.90 Å². The van der Waals surface area contributed by atoms with Crippen LogP contribution in [0, 0.1) is 13.8 Å². The van der Waals surface area contributed by atoms with Crippen molar-refractivity contribution < 1.29 is 8.42 Å². The Morgan fingerprint density at radius 1 is 1.11 bits per heavy atom. The van der Waals surface area contributed by atoms with Crippen LogP contribution in [0.5, 0.6) is 0 Å². The maximum Gasteiger partial charge on any atom is 0.186 e. The van der Waals surface area contributed by atoms with E-state index in [2.05, 4.69) is 36.1 Å². The highest BCUT2D eigenvalue weighted by Crippen LogP contribution is 2.36. The van der Waals surface area contributed by atoms with E-state index in [4.69, 9.17) is 4.99 Å². The average molecular weight is 528 g/mol. The molecule has 1 unspecified atom stereocenters. The summed E-state index contributed by atoms with van der Waals surface area (Å²) in [5.41, 5.74) is 8.72. The molecule has 38 heavy (non-hydrogen) atoms. The minimum atomic E-state index is -3.60. The Hall–Kier alpha value is -3.49. The van der Waals surface area contributed by atoms with Gasteiger partial charge in [-0.2, -0.15) is 5.10 Å². The lowest BCUT2D eigenvalue weighted by Crippen LogP contribution is -2.44. The number of amidine groups is 1. The van der Waals surface area contributed by atoms with Crippen molar-refractivity contribution in [1.29, 1.82) is 0 Å². The summed E-state index contributed by atoms with van der Waals surface area (Å²) in [6.07, 6.45) is 8.72. The Morgan fingerprint density at radius 3 is 2.63 bits per heavy atom. The quantitative estimate of drug-likeness (QED) is 0.487. The Kier molecular flexibility index (Phi) is 6.12. The largest absolute Gasteiger partial charge is 0.322 e. The zero-order chi connectivity index (χ0) is 26.6. The molecule has 1 atom stereocenters. The van der Waals surface area contributed by atoms with Gasteiger partial charge in [0.25, 0.3) is 0 Å². The molecule has 0 saturated heterocycles. The molecule has 2 aromatic carbocycles. The van der Waals surface area contributed by atoms with Crippen LogP contribution in [0.25, 0.3) is 5.70 Å². The summed E-state index contributed by atoms with van der Waals surface area (Å²) in [5.74, 6) is 0.776. The molecule has 8 heteroatoms. The third-order valence-corrected chi connectivity index (χ3v) is 9.82. The Morgan fingerprint density at radius 2 is 1.89 bits per heavy atom. The summed E-state index contributed by atoms with van der Waals surface area (Å²) < 4.78 is 29.4. The highest BCUT2D eigenvalue weighted by Gasteiger charge is 2.37. The highest BCUT2D eigenvalue weighted by atomic mass is 32.2. The number of likely N-dealkylation sites (N-methyl/N-ethyl adjacent to an activating group) is 1. The van der Waals surface area contributed by atoms with Gasteiger partial charge >= 0.3 is 0 Å². The molecule has 0 saturated carbocycles. The number of hydrogen-bond acceptors (Lipinski definition) is 6. The Bertz CT molecular complexity index is 1610. The van der Waals surface area contributed by atoms with E-state index in [1.807, 2.05) is 53.9 Å². The molecule has 4 heterocycles. The molecular weight excluding hydrogens is 494 g/mol. The maximum atomic E-state index is 13.8. The Labute approximate surface area is 224 Å². The van der Waals surface area contributed by atoms with E-state index in [1.54, 1.807) is 18.3 Å². The van der Waals surface area contributed by atoms with Crippen molar-refractivity contribution in [2.75, 3.05) is 25.0 Å². The minimum Gasteiger partial charge on any atom is -0.322 e. The van der Waals surface area contributed by atoms with Gasteiger partial charge in [0.1, 0.15) is 11.1 Å². The maximum absolute atomic E-state index is 13.8. The zero-order valence-electron chi connectivity index (χ0n) is 22.3. The molecule has 7 nitrogen and oxygen atoms in total. The van der Waals surface area contributed by atoms with E-state index in [9.17, 15) is 8.42 Å². The van der Waals surface area contributed by atoms with Gasteiger partial charge in [0.15, 0.2) is 9.84 Å². The third kappa shape index (κ3) is 4.31. The number of aryl methyl sites for hydroxylation is 3. The number of anilines is 1. The fraction of sp³-hybridized carbons (Fsp3) is 0.333. The van der Waals surface area contributed by atoms with Gasteiger partial charge in [-0.3, -0.25) is 4.68 Å². The fourth-order valence-corrected chi connectivity index (χ4v) is 7.16. The molecule has 3 aromatic rings. The number of benzene rings is 2. The van der Waals surface area contributed by atoms with Gasteiger partial charge in [-0.05, 0) is 81.3 Å². The average Bonchev–Trinajstić information content (AvgIpc) is 3.55. The second kappa shape index (κ2) is 9.36. The first-order chi connectivity index (χ1) is 18.2. The monoisotopic (exact) mass is 527 g/mol. The number of fused-ring (bicyclic) bond motifs is 2. The van der Waals surface area contributed by atoms with Crippen LogP contribution in [0.2, 0.25) is 0 Å². The van der Waals surface area contributed by atoms with Gasteiger partial charge in [0, 0.05) is 43.5 Å². The molecule has 0 bridgehead atoms. The van der Waals surface area contributed by atoms with Crippen molar-refractivity contribution in [2.45, 2.75) is 50.4 Å². The van der Waals surface area contributed by atoms with Crippen LogP contribution in [0.4, 0.5) is 5.69 Å². The standard InChI is InChI=1S/C30H33N5O2S/c1-5-34-18-25(16-31-34)35-19-27(38(36,37)26-8-6-20(2)7-9-26)14-23-15-29(32-30(23)35)22-12-21(3)28-10-11-33(4)17-24(28)13-22/h6-9,12-16,18,27H,5,10-11,17,19H2,1-4H3. The number of sulfone groups is 1. The van der Waals surface area contributed by atoms with E-state index in [-0.39, 0.29) is 6.54 Å². The number of rotatable bonds is 5. The van der Waals surface area contributed by atoms with Crippen LogP contribution in [0.15, 0.2) is 76.4 Å². The zero-order valence-corrected chi connectivity index (χ0v) is 23.2. The molecule has 0 N–H and O–H groups in total. The van der Waals surface area contributed by atoms with Crippen LogP contribution in [-0.2, 0) is 29.3 Å². The first kappa shape index (κ1) is 24.8. The van der Waals surface area contributed by atoms with E-state index in [1.165, 1.54) is 16.7 Å². The SMILES string of the molecule is CCn1cc(N2CC(S(=O)(=O)c3ccc(C)cc3)C=C3C=C(c4cc(C)c5c(c4)CN(C)CC5)N=C32)cn1. The van der Waals surface area contributed by atoms with Crippen molar-refractivity contribution in [3.8, 4) is 0 Å². The molecule has 0 fully saturated rings. The first-order valence-electron chi connectivity index (χ1n) is 13.2. The topological polar surface area (TPSA) is 70.8 Å². The van der Waals surface area contributed by atoms with Crippen molar-refractivity contribution in [1.82, 2.24) is 14.7 Å². The van der Waals surface area contributed by atoms with Crippen molar-refractivity contribution in [3.63, 3.8) is 0 Å². The van der Waals surface area contributed by atoms with Gasteiger partial charge in [-0.1, -0.05) is 23.8 Å². The first-order valence-corrected chi connectivity index (χ1v) is 14.7. The van der Waals surface area contributed by atoms with Crippen LogP contribution in [0.1, 0.15) is 34.7 Å². The molecule has 1 aromatic heterocycles. The molecular formula is C30H33N5O2S. The molecule has 196 valence electrons. The summed E-state index contributed by atoms with van der Waals surface area (Å²) >= 11 is 0. The Balaban J connectivity index is 1.44. The van der Waals surface area contributed by atoms with Crippen LogP contribution in [-0.4, -0.2) is 54.3 Å². The second-order valence-electron chi connectivity index (χ2n) is 10.6. The predicted molar refractivity (Wildman–Crippen MR) is 152 cm³/mol. The predicted octanol–water partition coefficient (Wildman–Crippen LogP) is 4.55. The molecule has 0 spiro atoms. The van der Waals surface area contributed by atoms with E-state index in [0.717, 1.165) is 60.0 Å². The lowest BCUT2D eigenvalue weighted by Gasteiger charge is -2.31. The van der Waals surface area contributed by atoms with Gasteiger partial charge in [0.05, 0.1) is 22.5 Å².